The number of imide groups is 1. The molecule has 1 aromatic heterocycles. The third-order valence-electron chi connectivity index (χ3n) is 6.60. The molecule has 0 spiro atoms. The Morgan fingerprint density at radius 3 is 2.36 bits per heavy atom. The second-order valence-corrected chi connectivity index (χ2v) is 10.2. The Kier molecular flexibility index (Phi) is 6.39. The van der Waals surface area contributed by atoms with Crippen LogP contribution in [0.2, 0.25) is 10.0 Å². The maximum atomic E-state index is 13.8. The molecule has 1 saturated carbocycles. The number of fused-ring (bicyclic) bond motifs is 1. The first-order valence-electron chi connectivity index (χ1n) is 11.6. The number of carbonyl (C=O) groups is 2. The Morgan fingerprint density at radius 2 is 1.75 bits per heavy atom. The molecular weight excluding hydrogens is 503 g/mol. The summed E-state index contributed by atoms with van der Waals surface area (Å²) in [5.74, 6) is -1.40. The van der Waals surface area contributed by atoms with Crippen LogP contribution < -0.4 is 0 Å². The molecule has 1 aliphatic carbocycles. The van der Waals surface area contributed by atoms with Crippen molar-refractivity contribution < 1.29 is 24.5 Å². The molecule has 0 saturated heterocycles. The fourth-order valence-corrected chi connectivity index (χ4v) is 4.77. The fraction of sp³-hybridized carbons (Fsp3) is 0.296. The van der Waals surface area contributed by atoms with E-state index in [1.54, 1.807) is 36.4 Å². The average Bonchev–Trinajstić information content (AvgIpc) is 3.55. The Morgan fingerprint density at radius 1 is 1.08 bits per heavy atom. The Hall–Kier alpha value is -2.81. The molecule has 7 nitrogen and oxygen atoms in total. The van der Waals surface area contributed by atoms with E-state index in [9.17, 15) is 19.8 Å². The number of hydrogen-bond donors (Lipinski definition) is 2. The Balaban J connectivity index is 1.76. The molecule has 2 aliphatic rings. The molecule has 2 heterocycles. The number of carbonyl (C=O) groups excluding carboxylic acids is 2. The molecule has 2 amide bonds. The van der Waals surface area contributed by atoms with E-state index in [-0.39, 0.29) is 18.6 Å². The molecule has 3 aromatic rings. The highest BCUT2D eigenvalue weighted by Gasteiger charge is 2.57. The van der Waals surface area contributed by atoms with Crippen LogP contribution in [0.5, 0.6) is 0 Å². The van der Waals surface area contributed by atoms with Crippen LogP contribution >= 0.6 is 23.2 Å². The van der Waals surface area contributed by atoms with Gasteiger partial charge in [0.25, 0.3) is 11.8 Å². The smallest absolute Gasteiger partial charge is 0.263 e. The van der Waals surface area contributed by atoms with Gasteiger partial charge in [-0.2, -0.15) is 0 Å². The molecule has 36 heavy (non-hydrogen) atoms. The minimum absolute atomic E-state index is 0.0119. The van der Waals surface area contributed by atoms with Crippen LogP contribution in [-0.4, -0.2) is 50.2 Å². The minimum atomic E-state index is -1.67. The lowest BCUT2D eigenvalue weighted by atomic mass is 9.88. The highest BCUT2D eigenvalue weighted by atomic mass is 35.5. The van der Waals surface area contributed by atoms with Gasteiger partial charge in [-0.15, -0.1) is 0 Å². The zero-order chi connectivity index (χ0) is 25.7. The lowest BCUT2D eigenvalue weighted by Crippen LogP contribution is -2.54. The van der Waals surface area contributed by atoms with E-state index in [2.05, 4.69) is 4.98 Å². The van der Waals surface area contributed by atoms with Crippen molar-refractivity contribution in [1.82, 2.24) is 9.88 Å². The van der Waals surface area contributed by atoms with Crippen LogP contribution in [0.4, 0.5) is 0 Å². The standard InChI is InChI=1S/C27H24Cl2N2O5/c1-16(32)24(33)31-25(34)22-4-2-3-21(17-5-7-18(28)8-6-17)23(22)27(31,36-15-26(35)11-12-26)13-20-10-9-19(29)14-30-20/h2-10,14,16,32,35H,11-13,15H2,1H3/t16?,27-/m1/s1. The zero-order valence-electron chi connectivity index (χ0n) is 19.4. The molecule has 186 valence electrons. The monoisotopic (exact) mass is 526 g/mol. The van der Waals surface area contributed by atoms with Gasteiger partial charge in [0.1, 0.15) is 6.10 Å². The topological polar surface area (TPSA) is 100.0 Å². The number of rotatable bonds is 7. The highest BCUT2D eigenvalue weighted by Crippen LogP contribution is 2.49. The molecule has 1 fully saturated rings. The van der Waals surface area contributed by atoms with Crippen LogP contribution in [0.3, 0.4) is 0 Å². The first-order chi connectivity index (χ1) is 17.1. The first-order valence-corrected chi connectivity index (χ1v) is 12.3. The summed E-state index contributed by atoms with van der Waals surface area (Å²) < 4.78 is 6.44. The number of ether oxygens (including phenoxy) is 1. The summed E-state index contributed by atoms with van der Waals surface area (Å²) in [4.78, 5) is 32.5. The van der Waals surface area contributed by atoms with Gasteiger partial charge in [-0.1, -0.05) is 47.5 Å². The zero-order valence-corrected chi connectivity index (χ0v) is 21.0. The third kappa shape index (κ3) is 4.42. The van der Waals surface area contributed by atoms with Crippen molar-refractivity contribution in [2.45, 2.75) is 43.6 Å². The van der Waals surface area contributed by atoms with Crippen molar-refractivity contribution in [3.8, 4) is 11.1 Å². The average molecular weight is 527 g/mol. The van der Waals surface area contributed by atoms with Gasteiger partial charge in [-0.25, -0.2) is 4.90 Å². The van der Waals surface area contributed by atoms with E-state index in [0.717, 1.165) is 10.5 Å². The van der Waals surface area contributed by atoms with Crippen LogP contribution in [0, 0.1) is 0 Å². The van der Waals surface area contributed by atoms with Crippen molar-refractivity contribution in [2.24, 2.45) is 0 Å². The van der Waals surface area contributed by atoms with Gasteiger partial charge in [0.2, 0.25) is 0 Å². The lowest BCUT2D eigenvalue weighted by molar-refractivity contribution is -0.182. The number of amides is 2. The molecule has 1 unspecified atom stereocenters. The second kappa shape index (κ2) is 9.25. The van der Waals surface area contributed by atoms with E-state index in [0.29, 0.717) is 39.7 Å². The number of halogens is 2. The van der Waals surface area contributed by atoms with E-state index in [4.69, 9.17) is 27.9 Å². The molecule has 2 aromatic carbocycles. The number of pyridine rings is 1. The number of benzene rings is 2. The summed E-state index contributed by atoms with van der Waals surface area (Å²) in [6.07, 6.45) is 1.09. The molecule has 2 N–H and O–H groups in total. The number of nitrogens with zero attached hydrogens (tertiary/aromatic N) is 2. The molecule has 2 atom stereocenters. The largest absolute Gasteiger partial charge is 0.387 e. The van der Waals surface area contributed by atoms with E-state index in [1.807, 2.05) is 18.2 Å². The first kappa shape index (κ1) is 24.9. The molecule has 0 bridgehead atoms. The maximum absolute atomic E-state index is 13.8. The second-order valence-electron chi connectivity index (χ2n) is 9.33. The van der Waals surface area contributed by atoms with Crippen molar-refractivity contribution in [3.05, 3.63) is 87.7 Å². The summed E-state index contributed by atoms with van der Waals surface area (Å²) in [6, 6.07) is 15.7. The van der Waals surface area contributed by atoms with Gasteiger partial charge in [0.15, 0.2) is 5.72 Å². The fourth-order valence-electron chi connectivity index (χ4n) is 4.54. The quantitative estimate of drug-likeness (QED) is 0.474. The van der Waals surface area contributed by atoms with Crippen molar-refractivity contribution in [2.75, 3.05) is 6.61 Å². The van der Waals surface area contributed by atoms with Crippen LogP contribution in [0.25, 0.3) is 11.1 Å². The molecule has 5 rings (SSSR count). The normalized spacial score (nSPS) is 20.8. The van der Waals surface area contributed by atoms with Crippen molar-refractivity contribution in [1.29, 1.82) is 0 Å². The number of aromatic nitrogens is 1. The Bertz CT molecular complexity index is 1320. The van der Waals surface area contributed by atoms with Gasteiger partial charge in [-0.3, -0.25) is 14.6 Å². The molecular formula is C27H24Cl2N2O5. The van der Waals surface area contributed by atoms with Crippen LogP contribution in [0.1, 0.15) is 41.4 Å². The van der Waals surface area contributed by atoms with Crippen LogP contribution in [-0.2, 0) is 21.7 Å². The van der Waals surface area contributed by atoms with Gasteiger partial charge < -0.3 is 14.9 Å². The summed E-state index contributed by atoms with van der Waals surface area (Å²) in [7, 11) is 0. The maximum Gasteiger partial charge on any atom is 0.263 e. The van der Waals surface area contributed by atoms with Crippen LogP contribution in [0.15, 0.2) is 60.8 Å². The SMILES string of the molecule is CC(O)C(=O)N1C(=O)c2cccc(-c3ccc(Cl)cc3)c2[C@@]1(Cc1ccc(Cl)cn1)OCC1(O)CC1. The van der Waals surface area contributed by atoms with E-state index >= 15 is 0 Å². The predicted molar refractivity (Wildman–Crippen MR) is 135 cm³/mol. The van der Waals surface area contributed by atoms with Gasteiger partial charge in [0, 0.05) is 34.5 Å². The van der Waals surface area contributed by atoms with Gasteiger partial charge in [0.05, 0.1) is 17.2 Å². The lowest BCUT2D eigenvalue weighted by Gasteiger charge is -2.39. The number of aliphatic hydroxyl groups is 2. The Labute approximate surface area is 218 Å². The van der Waals surface area contributed by atoms with E-state index < -0.39 is 29.2 Å². The summed E-state index contributed by atoms with van der Waals surface area (Å²) in [5, 5.41) is 21.9. The highest BCUT2D eigenvalue weighted by molar-refractivity contribution is 6.30. The number of aliphatic hydroxyl groups excluding tert-OH is 1. The summed E-state index contributed by atoms with van der Waals surface area (Å²) in [5.41, 5.74) is -0.0398. The number of hydrogen-bond acceptors (Lipinski definition) is 6. The van der Waals surface area contributed by atoms with Gasteiger partial charge >= 0.3 is 0 Å². The summed E-state index contributed by atoms with van der Waals surface area (Å²) >= 11 is 12.2. The van der Waals surface area contributed by atoms with Gasteiger partial charge in [-0.05, 0) is 61.2 Å². The summed E-state index contributed by atoms with van der Waals surface area (Å²) in [6.45, 7) is 1.20. The van der Waals surface area contributed by atoms with Crippen molar-refractivity contribution >= 4 is 35.0 Å². The minimum Gasteiger partial charge on any atom is -0.387 e. The predicted octanol–water partition coefficient (Wildman–Crippen LogP) is 4.36. The molecule has 9 heteroatoms. The third-order valence-corrected chi connectivity index (χ3v) is 7.07. The van der Waals surface area contributed by atoms with E-state index in [1.165, 1.54) is 13.1 Å². The molecule has 0 radical (unpaired) electrons. The molecule has 1 aliphatic heterocycles. The van der Waals surface area contributed by atoms with Crippen molar-refractivity contribution in [3.63, 3.8) is 0 Å².